The first-order valence-electron chi connectivity index (χ1n) is 5.18. The number of amides is 1. The number of rotatable bonds is 6. The van der Waals surface area contributed by atoms with Crippen molar-refractivity contribution in [2.45, 2.75) is 20.8 Å². The first-order chi connectivity index (χ1) is 6.49. The fraction of sp³-hybridized carbons (Fsp3) is 0.900. The quantitative estimate of drug-likeness (QED) is 0.638. The Labute approximate surface area is 87.2 Å². The topological polar surface area (TPSA) is 35.6 Å². The third-order valence-electron chi connectivity index (χ3n) is 2.07. The van der Waals surface area contributed by atoms with E-state index in [1.54, 1.807) is 4.90 Å². The highest BCUT2D eigenvalue weighted by Gasteiger charge is 2.12. The molecule has 1 amide bonds. The highest BCUT2D eigenvalue weighted by atomic mass is 16.2. The largest absolute Gasteiger partial charge is 0.344 e. The highest BCUT2D eigenvalue weighted by molar-refractivity contribution is 5.77. The van der Waals surface area contributed by atoms with Crippen molar-refractivity contribution >= 4 is 5.91 Å². The van der Waals surface area contributed by atoms with Gasteiger partial charge < -0.3 is 4.90 Å². The molecule has 0 saturated heterocycles. The number of carbonyl (C=O) groups excluding carboxylic acids is 1. The highest BCUT2D eigenvalue weighted by Crippen LogP contribution is 1.98. The lowest BCUT2D eigenvalue weighted by Crippen LogP contribution is -2.41. The summed E-state index contributed by atoms with van der Waals surface area (Å²) in [5, 5.41) is 2.00. The van der Waals surface area contributed by atoms with E-state index < -0.39 is 0 Å². The van der Waals surface area contributed by atoms with Gasteiger partial charge in [-0.15, -0.1) is 0 Å². The Morgan fingerprint density at radius 1 is 1.29 bits per heavy atom. The molecule has 1 N–H and O–H groups in total. The zero-order valence-electron chi connectivity index (χ0n) is 10.0. The van der Waals surface area contributed by atoms with Gasteiger partial charge in [-0.3, -0.25) is 10.2 Å². The number of nitrogens with one attached hydrogen (secondary N) is 1. The van der Waals surface area contributed by atoms with Crippen molar-refractivity contribution in [2.24, 2.45) is 5.92 Å². The molecule has 0 aliphatic carbocycles. The number of hydrogen-bond donors (Lipinski definition) is 1. The molecular weight excluding hydrogens is 178 g/mol. The summed E-state index contributed by atoms with van der Waals surface area (Å²) < 4.78 is 0. The molecule has 4 nitrogen and oxygen atoms in total. The molecule has 0 fully saturated rings. The van der Waals surface area contributed by atoms with Gasteiger partial charge in [-0.25, -0.2) is 5.01 Å². The van der Waals surface area contributed by atoms with Gasteiger partial charge >= 0.3 is 0 Å². The zero-order chi connectivity index (χ0) is 11.1. The van der Waals surface area contributed by atoms with Crippen LogP contribution in [0.4, 0.5) is 0 Å². The molecular formula is C10H23N3O. The summed E-state index contributed by atoms with van der Waals surface area (Å²) in [5.41, 5.74) is 3.16. The minimum Gasteiger partial charge on any atom is -0.344 e. The molecule has 0 unspecified atom stereocenters. The summed E-state index contributed by atoms with van der Waals surface area (Å²) in [6, 6.07) is 0. The average molecular weight is 201 g/mol. The van der Waals surface area contributed by atoms with E-state index >= 15 is 0 Å². The molecule has 0 radical (unpaired) electrons. The van der Waals surface area contributed by atoms with Crippen LogP contribution in [0.1, 0.15) is 20.8 Å². The first-order valence-corrected chi connectivity index (χ1v) is 5.18. The Kier molecular flexibility index (Phi) is 6.49. The molecule has 0 bridgehead atoms. The van der Waals surface area contributed by atoms with Crippen LogP contribution in [0.3, 0.4) is 0 Å². The van der Waals surface area contributed by atoms with Gasteiger partial charge in [-0.05, 0) is 0 Å². The molecule has 0 aromatic carbocycles. The van der Waals surface area contributed by atoms with E-state index in [0.29, 0.717) is 0 Å². The Hall–Kier alpha value is -0.610. The summed E-state index contributed by atoms with van der Waals surface area (Å²) in [6.07, 6.45) is 0. The van der Waals surface area contributed by atoms with Gasteiger partial charge in [0, 0.05) is 39.6 Å². The van der Waals surface area contributed by atoms with Gasteiger partial charge in [-0.1, -0.05) is 20.8 Å². The van der Waals surface area contributed by atoms with E-state index in [9.17, 15) is 4.79 Å². The van der Waals surface area contributed by atoms with Crippen molar-refractivity contribution in [3.8, 4) is 0 Å². The number of hydrogen-bond acceptors (Lipinski definition) is 3. The maximum Gasteiger partial charge on any atom is 0.224 e. The monoisotopic (exact) mass is 201 g/mol. The molecule has 0 heterocycles. The molecule has 14 heavy (non-hydrogen) atoms. The van der Waals surface area contributed by atoms with Crippen molar-refractivity contribution < 1.29 is 4.79 Å². The van der Waals surface area contributed by atoms with Crippen LogP contribution in [0.15, 0.2) is 0 Å². The maximum absolute atomic E-state index is 11.5. The van der Waals surface area contributed by atoms with Crippen molar-refractivity contribution in [1.82, 2.24) is 15.3 Å². The molecule has 4 heteroatoms. The minimum atomic E-state index is 0.0874. The van der Waals surface area contributed by atoms with Crippen molar-refractivity contribution in [3.63, 3.8) is 0 Å². The normalized spacial score (nSPS) is 11.1. The Balaban J connectivity index is 3.73. The van der Waals surface area contributed by atoms with E-state index in [1.807, 2.05) is 33.0 Å². The molecule has 0 aromatic heterocycles. The van der Waals surface area contributed by atoms with E-state index in [0.717, 1.165) is 19.6 Å². The predicted octanol–water partition coefficient (Wildman–Crippen LogP) is 0.557. The second-order valence-corrected chi connectivity index (χ2v) is 3.85. The summed E-state index contributed by atoms with van der Waals surface area (Å²) in [4.78, 5) is 13.3. The molecule has 0 spiro atoms. The lowest BCUT2D eigenvalue weighted by atomic mass is 10.2. The van der Waals surface area contributed by atoms with Crippen LogP contribution in [-0.4, -0.2) is 49.5 Å². The molecule has 0 aromatic rings. The molecule has 0 aliphatic heterocycles. The molecule has 0 rings (SSSR count). The number of nitrogens with zero attached hydrogens (tertiary/aromatic N) is 2. The van der Waals surface area contributed by atoms with Crippen LogP contribution >= 0.6 is 0 Å². The summed E-state index contributed by atoms with van der Waals surface area (Å²) in [6.45, 7) is 8.43. The van der Waals surface area contributed by atoms with E-state index in [4.69, 9.17) is 0 Å². The van der Waals surface area contributed by atoms with Crippen molar-refractivity contribution in [1.29, 1.82) is 0 Å². The number of likely N-dealkylation sites (N-methyl/N-ethyl adjacent to an activating group) is 2. The summed E-state index contributed by atoms with van der Waals surface area (Å²) >= 11 is 0. The van der Waals surface area contributed by atoms with Crippen LogP contribution in [0.25, 0.3) is 0 Å². The standard InChI is InChI=1S/C10H23N3O/c1-6-11-13(5)8-7-12(4)10(14)9(2)3/h9,11H,6-8H2,1-5H3. The van der Waals surface area contributed by atoms with Gasteiger partial charge in [-0.2, -0.15) is 0 Å². The Bertz CT molecular complexity index is 171. The third kappa shape index (κ3) is 5.19. The molecule has 0 saturated carbocycles. The van der Waals surface area contributed by atoms with Crippen LogP contribution in [0, 0.1) is 5.92 Å². The second-order valence-electron chi connectivity index (χ2n) is 3.85. The van der Waals surface area contributed by atoms with Crippen LogP contribution in [0.5, 0.6) is 0 Å². The van der Waals surface area contributed by atoms with Gasteiger partial charge in [0.2, 0.25) is 5.91 Å². The Morgan fingerprint density at radius 2 is 1.86 bits per heavy atom. The van der Waals surface area contributed by atoms with Crippen LogP contribution in [0.2, 0.25) is 0 Å². The lowest BCUT2D eigenvalue weighted by Gasteiger charge is -2.23. The van der Waals surface area contributed by atoms with Gasteiger partial charge in [0.05, 0.1) is 0 Å². The third-order valence-corrected chi connectivity index (χ3v) is 2.07. The fourth-order valence-electron chi connectivity index (χ4n) is 1.20. The maximum atomic E-state index is 11.5. The average Bonchev–Trinajstić information content (AvgIpc) is 2.13. The van der Waals surface area contributed by atoms with Crippen molar-refractivity contribution in [3.05, 3.63) is 0 Å². The van der Waals surface area contributed by atoms with E-state index in [-0.39, 0.29) is 11.8 Å². The van der Waals surface area contributed by atoms with Gasteiger partial charge in [0.25, 0.3) is 0 Å². The van der Waals surface area contributed by atoms with Crippen LogP contribution < -0.4 is 5.43 Å². The SMILES string of the molecule is CCNN(C)CCN(C)C(=O)C(C)C. The lowest BCUT2D eigenvalue weighted by molar-refractivity contribution is -0.133. The van der Waals surface area contributed by atoms with Gasteiger partial charge in [0.15, 0.2) is 0 Å². The minimum absolute atomic E-state index is 0.0874. The smallest absolute Gasteiger partial charge is 0.224 e. The first kappa shape index (κ1) is 13.4. The summed E-state index contributed by atoms with van der Waals surface area (Å²) in [7, 11) is 3.83. The predicted molar refractivity (Wildman–Crippen MR) is 58.8 cm³/mol. The number of carbonyl (C=O) groups is 1. The molecule has 0 atom stereocenters. The van der Waals surface area contributed by atoms with E-state index in [1.165, 1.54) is 0 Å². The fourth-order valence-corrected chi connectivity index (χ4v) is 1.20. The van der Waals surface area contributed by atoms with Crippen LogP contribution in [-0.2, 0) is 4.79 Å². The van der Waals surface area contributed by atoms with E-state index in [2.05, 4.69) is 12.3 Å². The second kappa shape index (κ2) is 6.79. The zero-order valence-corrected chi connectivity index (χ0v) is 10.0. The summed E-state index contributed by atoms with van der Waals surface area (Å²) in [5.74, 6) is 0.291. The Morgan fingerprint density at radius 3 is 2.29 bits per heavy atom. The molecule has 84 valence electrons. The van der Waals surface area contributed by atoms with Crippen molar-refractivity contribution in [2.75, 3.05) is 33.7 Å². The van der Waals surface area contributed by atoms with Gasteiger partial charge in [0.1, 0.15) is 0 Å². The number of hydrazine groups is 1. The molecule has 0 aliphatic rings.